The zero-order valence-electron chi connectivity index (χ0n) is 11.1. The van der Waals surface area contributed by atoms with E-state index >= 15 is 0 Å². The molecule has 1 fully saturated rings. The van der Waals surface area contributed by atoms with E-state index in [-0.39, 0.29) is 23.5 Å². The summed E-state index contributed by atoms with van der Waals surface area (Å²) >= 11 is 3.32. The van der Waals surface area contributed by atoms with Gasteiger partial charge in [-0.25, -0.2) is 8.42 Å². The van der Waals surface area contributed by atoms with E-state index in [2.05, 4.69) is 21.2 Å². The molecule has 1 heterocycles. The lowest BCUT2D eigenvalue weighted by Gasteiger charge is -2.23. The van der Waals surface area contributed by atoms with Gasteiger partial charge in [0.15, 0.2) is 0 Å². The lowest BCUT2D eigenvalue weighted by atomic mass is 10.0. The zero-order valence-corrected chi connectivity index (χ0v) is 13.6. The number of carbonyl (C=O) groups excluding carboxylic acids is 1. The normalized spacial score (nSPS) is 18.7. The topological polar surface area (TPSA) is 89.3 Å². The molecule has 5 nitrogen and oxygen atoms in total. The molecule has 0 spiro atoms. The van der Waals surface area contributed by atoms with Crippen molar-refractivity contribution < 1.29 is 13.2 Å². The summed E-state index contributed by atoms with van der Waals surface area (Å²) in [6.07, 6.45) is 0.938. The van der Waals surface area contributed by atoms with E-state index < -0.39 is 9.84 Å². The fourth-order valence-electron chi connectivity index (χ4n) is 2.23. The van der Waals surface area contributed by atoms with E-state index in [1.807, 2.05) is 0 Å². The molecule has 0 aromatic heterocycles. The molecule has 1 saturated heterocycles. The van der Waals surface area contributed by atoms with E-state index in [1.165, 1.54) is 0 Å². The van der Waals surface area contributed by atoms with E-state index in [1.54, 1.807) is 19.1 Å². The van der Waals surface area contributed by atoms with Gasteiger partial charge in [-0.1, -0.05) is 15.9 Å². The van der Waals surface area contributed by atoms with E-state index in [4.69, 9.17) is 5.73 Å². The van der Waals surface area contributed by atoms with Crippen LogP contribution >= 0.6 is 15.9 Å². The number of amides is 1. The molecule has 0 bridgehead atoms. The maximum Gasteiger partial charge on any atom is 0.251 e. The lowest BCUT2D eigenvalue weighted by molar-refractivity contribution is 0.0933. The van der Waals surface area contributed by atoms with Crippen molar-refractivity contribution in [2.45, 2.75) is 25.8 Å². The molecule has 1 aliphatic heterocycles. The monoisotopic (exact) mass is 360 g/mol. The van der Waals surface area contributed by atoms with Gasteiger partial charge in [0.2, 0.25) is 0 Å². The maximum atomic E-state index is 12.3. The van der Waals surface area contributed by atoms with E-state index in [9.17, 15) is 13.2 Å². The summed E-state index contributed by atoms with van der Waals surface area (Å²) in [5, 5.41) is 2.89. The van der Waals surface area contributed by atoms with Gasteiger partial charge in [-0.2, -0.15) is 0 Å². The fraction of sp³-hybridized carbons (Fsp3) is 0.462. The molecule has 0 unspecified atom stereocenters. The van der Waals surface area contributed by atoms with Crippen LogP contribution < -0.4 is 11.1 Å². The summed E-state index contributed by atoms with van der Waals surface area (Å²) in [5.74, 6) is 0.0644. The van der Waals surface area contributed by atoms with Crippen molar-refractivity contribution in [3.63, 3.8) is 0 Å². The molecule has 0 radical (unpaired) electrons. The minimum Gasteiger partial charge on any atom is -0.398 e. The van der Waals surface area contributed by atoms with Gasteiger partial charge >= 0.3 is 0 Å². The number of sulfone groups is 1. The first-order valence-electron chi connectivity index (χ1n) is 6.35. The van der Waals surface area contributed by atoms with Crippen molar-refractivity contribution in [2.24, 2.45) is 0 Å². The molecule has 0 aliphatic carbocycles. The largest absolute Gasteiger partial charge is 0.398 e. The number of benzene rings is 1. The van der Waals surface area contributed by atoms with Gasteiger partial charge in [-0.3, -0.25) is 4.79 Å². The number of carbonyl (C=O) groups is 1. The third-order valence-corrected chi connectivity index (χ3v) is 5.72. The molecule has 1 aliphatic rings. The Morgan fingerprint density at radius 1 is 1.35 bits per heavy atom. The predicted octanol–water partition coefficient (Wildman–Crippen LogP) is 1.65. The van der Waals surface area contributed by atoms with Crippen LogP contribution in [0.25, 0.3) is 0 Å². The van der Waals surface area contributed by atoms with E-state index in [0.717, 1.165) is 10.0 Å². The third kappa shape index (κ3) is 3.52. The van der Waals surface area contributed by atoms with Crippen LogP contribution in [0.15, 0.2) is 16.6 Å². The fourth-order valence-corrected chi connectivity index (χ4v) is 4.20. The van der Waals surface area contributed by atoms with Crippen LogP contribution in [-0.2, 0) is 9.84 Å². The first-order chi connectivity index (χ1) is 9.28. The SMILES string of the molecule is Cc1c(N)cc(Br)cc1C(=O)NC1CCS(=O)(=O)CC1. The second-order valence-corrected chi connectivity index (χ2v) is 8.29. The van der Waals surface area contributed by atoms with Gasteiger partial charge < -0.3 is 11.1 Å². The Bertz CT molecular complexity index is 629. The van der Waals surface area contributed by atoms with Gasteiger partial charge in [0.05, 0.1) is 11.5 Å². The van der Waals surface area contributed by atoms with Crippen LogP contribution in [0.3, 0.4) is 0 Å². The Morgan fingerprint density at radius 2 is 1.95 bits per heavy atom. The summed E-state index contributed by atoms with van der Waals surface area (Å²) in [6, 6.07) is 3.38. The van der Waals surface area contributed by atoms with Gasteiger partial charge in [-0.15, -0.1) is 0 Å². The van der Waals surface area contributed by atoms with Gasteiger partial charge in [0.1, 0.15) is 9.84 Å². The van der Waals surface area contributed by atoms with Crippen molar-refractivity contribution in [3.05, 3.63) is 27.7 Å². The number of halogens is 1. The standard InChI is InChI=1S/C13H17BrN2O3S/c1-8-11(6-9(14)7-12(8)15)13(17)16-10-2-4-20(18,19)5-3-10/h6-7,10H,2-5,15H2,1H3,(H,16,17). The highest BCUT2D eigenvalue weighted by Gasteiger charge is 2.25. The highest BCUT2D eigenvalue weighted by molar-refractivity contribution is 9.10. The molecule has 0 atom stereocenters. The van der Waals surface area contributed by atoms with Crippen molar-refractivity contribution in [1.82, 2.24) is 5.32 Å². The molecule has 110 valence electrons. The van der Waals surface area contributed by atoms with Gasteiger partial charge in [0.25, 0.3) is 5.91 Å². The Hall–Kier alpha value is -1.08. The third-order valence-electron chi connectivity index (χ3n) is 3.55. The number of hydrogen-bond acceptors (Lipinski definition) is 4. The molecular weight excluding hydrogens is 344 g/mol. The number of nitrogens with two attached hydrogens (primary N) is 1. The Kier molecular flexibility index (Phi) is 4.39. The summed E-state index contributed by atoms with van der Waals surface area (Å²) < 4.78 is 23.5. The predicted molar refractivity (Wildman–Crippen MR) is 82.4 cm³/mol. The second kappa shape index (κ2) is 5.73. The van der Waals surface area contributed by atoms with Crippen LogP contribution in [0.2, 0.25) is 0 Å². The Labute approximate surface area is 127 Å². The quantitative estimate of drug-likeness (QED) is 0.784. The van der Waals surface area contributed by atoms with Gasteiger partial charge in [-0.05, 0) is 37.5 Å². The van der Waals surface area contributed by atoms with Crippen molar-refractivity contribution >= 4 is 37.4 Å². The van der Waals surface area contributed by atoms with Crippen LogP contribution in [-0.4, -0.2) is 31.9 Å². The highest BCUT2D eigenvalue weighted by atomic mass is 79.9. The maximum absolute atomic E-state index is 12.3. The molecule has 3 N–H and O–H groups in total. The van der Waals surface area contributed by atoms with Crippen LogP contribution in [0.1, 0.15) is 28.8 Å². The minimum atomic E-state index is -2.92. The number of nitrogens with one attached hydrogen (secondary N) is 1. The molecule has 1 aromatic rings. The zero-order chi connectivity index (χ0) is 14.9. The average molecular weight is 361 g/mol. The number of anilines is 1. The Balaban J connectivity index is 2.10. The average Bonchev–Trinajstić information content (AvgIpc) is 2.36. The Morgan fingerprint density at radius 3 is 2.55 bits per heavy atom. The van der Waals surface area contributed by atoms with Crippen molar-refractivity contribution in [2.75, 3.05) is 17.2 Å². The number of hydrogen-bond donors (Lipinski definition) is 2. The highest BCUT2D eigenvalue weighted by Crippen LogP contribution is 2.23. The minimum absolute atomic E-state index is 0.0920. The van der Waals surface area contributed by atoms with Crippen LogP contribution in [0.4, 0.5) is 5.69 Å². The van der Waals surface area contributed by atoms with Gasteiger partial charge in [0, 0.05) is 21.8 Å². The second-order valence-electron chi connectivity index (χ2n) is 5.07. The smallest absolute Gasteiger partial charge is 0.251 e. The van der Waals surface area contributed by atoms with Crippen LogP contribution in [0.5, 0.6) is 0 Å². The molecule has 7 heteroatoms. The first-order valence-corrected chi connectivity index (χ1v) is 8.97. The summed E-state index contributed by atoms with van der Waals surface area (Å²) in [6.45, 7) is 1.79. The summed E-state index contributed by atoms with van der Waals surface area (Å²) in [7, 11) is -2.92. The summed E-state index contributed by atoms with van der Waals surface area (Å²) in [4.78, 5) is 12.3. The van der Waals surface area contributed by atoms with E-state index in [0.29, 0.717) is 24.1 Å². The molecule has 1 amide bonds. The summed E-state index contributed by atoms with van der Waals surface area (Å²) in [5.41, 5.74) is 7.64. The molecular formula is C13H17BrN2O3S. The molecule has 20 heavy (non-hydrogen) atoms. The number of rotatable bonds is 2. The number of nitrogen functional groups attached to an aromatic ring is 1. The molecule has 1 aromatic carbocycles. The molecule has 2 rings (SSSR count). The lowest BCUT2D eigenvalue weighted by Crippen LogP contribution is -2.41. The van der Waals surface area contributed by atoms with Crippen molar-refractivity contribution in [1.29, 1.82) is 0 Å². The first kappa shape index (κ1) is 15.3. The van der Waals surface area contributed by atoms with Crippen LogP contribution in [0, 0.1) is 6.92 Å². The van der Waals surface area contributed by atoms with Crippen molar-refractivity contribution in [3.8, 4) is 0 Å². The molecule has 0 saturated carbocycles.